The molecule has 0 saturated carbocycles. The minimum Gasteiger partial charge on any atom is -0.481 e. The first-order chi connectivity index (χ1) is 10.8. The van der Waals surface area contributed by atoms with E-state index in [1.54, 1.807) is 13.8 Å². The Morgan fingerprint density at radius 1 is 1.26 bits per heavy atom. The van der Waals surface area contributed by atoms with Crippen LogP contribution < -0.4 is 5.32 Å². The average molecular weight is 315 g/mol. The Balaban J connectivity index is 2.02. The van der Waals surface area contributed by atoms with E-state index in [4.69, 9.17) is 5.11 Å². The maximum Gasteiger partial charge on any atom is 0.309 e. The van der Waals surface area contributed by atoms with Crippen LogP contribution in [0.15, 0.2) is 30.3 Å². The van der Waals surface area contributed by atoms with Crippen LogP contribution in [0.2, 0.25) is 0 Å². The van der Waals surface area contributed by atoms with Crippen LogP contribution in [-0.2, 0) is 11.3 Å². The lowest BCUT2D eigenvalue weighted by atomic mass is 9.90. The van der Waals surface area contributed by atoms with Crippen molar-refractivity contribution in [2.45, 2.75) is 40.7 Å². The standard InChI is InChI=1S/C18H25N3O2/c1-13-16(12-19-11-10-18(3,4)17(22)23)14(2)21(20-13)15-8-6-5-7-9-15/h5-9,19H,10-12H2,1-4H3,(H,22,23). The van der Waals surface area contributed by atoms with E-state index in [1.807, 2.05) is 41.9 Å². The second kappa shape index (κ2) is 6.96. The fraction of sp³-hybridized carbons (Fsp3) is 0.444. The van der Waals surface area contributed by atoms with Gasteiger partial charge in [0, 0.05) is 17.8 Å². The number of para-hydroxylation sites is 1. The quantitative estimate of drug-likeness (QED) is 0.771. The molecule has 1 aromatic heterocycles. The number of rotatable bonds is 7. The van der Waals surface area contributed by atoms with Crippen LogP contribution in [0.5, 0.6) is 0 Å². The van der Waals surface area contributed by atoms with E-state index in [0.29, 0.717) is 19.5 Å². The highest BCUT2D eigenvalue weighted by Crippen LogP contribution is 2.20. The Morgan fingerprint density at radius 2 is 1.91 bits per heavy atom. The number of aryl methyl sites for hydroxylation is 1. The molecule has 0 aliphatic rings. The van der Waals surface area contributed by atoms with E-state index in [1.165, 1.54) is 5.56 Å². The van der Waals surface area contributed by atoms with E-state index in [0.717, 1.165) is 17.1 Å². The van der Waals surface area contributed by atoms with Crippen LogP contribution in [0.1, 0.15) is 37.2 Å². The van der Waals surface area contributed by atoms with Gasteiger partial charge in [0.25, 0.3) is 0 Å². The molecule has 0 radical (unpaired) electrons. The smallest absolute Gasteiger partial charge is 0.309 e. The highest BCUT2D eigenvalue weighted by molar-refractivity contribution is 5.73. The predicted molar refractivity (Wildman–Crippen MR) is 90.8 cm³/mol. The number of nitrogens with zero attached hydrogens (tertiary/aromatic N) is 2. The third kappa shape index (κ3) is 3.99. The van der Waals surface area contributed by atoms with Gasteiger partial charge in [0.1, 0.15) is 0 Å². The molecule has 2 rings (SSSR count). The Hall–Kier alpha value is -2.14. The minimum atomic E-state index is -0.761. The van der Waals surface area contributed by atoms with Crippen LogP contribution in [0.3, 0.4) is 0 Å². The zero-order chi connectivity index (χ0) is 17.0. The number of aromatic nitrogens is 2. The molecule has 23 heavy (non-hydrogen) atoms. The number of hydrogen-bond acceptors (Lipinski definition) is 3. The number of carboxylic acid groups (broad SMARTS) is 1. The first-order valence-electron chi connectivity index (χ1n) is 7.87. The van der Waals surface area contributed by atoms with Crippen molar-refractivity contribution in [2.24, 2.45) is 5.41 Å². The minimum absolute atomic E-state index is 0.591. The second-order valence-electron chi connectivity index (χ2n) is 6.51. The lowest BCUT2D eigenvalue weighted by Gasteiger charge is -2.19. The van der Waals surface area contributed by atoms with Crippen LogP contribution in [0.25, 0.3) is 5.69 Å². The van der Waals surface area contributed by atoms with Gasteiger partial charge >= 0.3 is 5.97 Å². The average Bonchev–Trinajstić information content (AvgIpc) is 2.79. The van der Waals surface area contributed by atoms with E-state index < -0.39 is 11.4 Å². The van der Waals surface area contributed by atoms with Crippen molar-refractivity contribution in [3.05, 3.63) is 47.3 Å². The van der Waals surface area contributed by atoms with E-state index in [9.17, 15) is 4.79 Å². The van der Waals surface area contributed by atoms with Gasteiger partial charge < -0.3 is 10.4 Å². The third-order valence-electron chi connectivity index (χ3n) is 4.25. The van der Waals surface area contributed by atoms with Crippen molar-refractivity contribution in [3.8, 4) is 5.69 Å². The van der Waals surface area contributed by atoms with Crippen molar-refractivity contribution in [1.82, 2.24) is 15.1 Å². The number of benzene rings is 1. The van der Waals surface area contributed by atoms with Gasteiger partial charge in [-0.05, 0) is 52.8 Å². The molecular formula is C18H25N3O2. The Labute approximate surface area is 137 Å². The number of carboxylic acids is 1. The molecule has 1 aromatic carbocycles. The Bertz CT molecular complexity index is 675. The molecular weight excluding hydrogens is 290 g/mol. The van der Waals surface area contributed by atoms with E-state index in [-0.39, 0.29) is 0 Å². The number of hydrogen-bond donors (Lipinski definition) is 2. The number of aliphatic carboxylic acids is 1. The Morgan fingerprint density at radius 3 is 2.52 bits per heavy atom. The van der Waals surface area contributed by atoms with Crippen molar-refractivity contribution < 1.29 is 9.90 Å². The summed E-state index contributed by atoms with van der Waals surface area (Å²) in [4.78, 5) is 11.1. The summed E-state index contributed by atoms with van der Waals surface area (Å²) in [6.07, 6.45) is 0.591. The lowest BCUT2D eigenvalue weighted by molar-refractivity contribution is -0.147. The highest BCUT2D eigenvalue weighted by Gasteiger charge is 2.26. The zero-order valence-electron chi connectivity index (χ0n) is 14.3. The summed E-state index contributed by atoms with van der Waals surface area (Å²) >= 11 is 0. The van der Waals surface area contributed by atoms with Gasteiger partial charge in [-0.15, -0.1) is 0 Å². The molecule has 0 spiro atoms. The molecule has 2 N–H and O–H groups in total. The summed E-state index contributed by atoms with van der Waals surface area (Å²) in [5, 5.41) is 17.1. The monoisotopic (exact) mass is 315 g/mol. The van der Waals surface area contributed by atoms with Crippen molar-refractivity contribution in [3.63, 3.8) is 0 Å². The molecule has 0 atom stereocenters. The number of carbonyl (C=O) groups is 1. The summed E-state index contributed by atoms with van der Waals surface area (Å²) in [6, 6.07) is 10.1. The van der Waals surface area contributed by atoms with Gasteiger partial charge in [0.05, 0.1) is 16.8 Å². The molecule has 1 heterocycles. The third-order valence-corrected chi connectivity index (χ3v) is 4.25. The molecule has 5 nitrogen and oxygen atoms in total. The van der Waals surface area contributed by atoms with Crippen LogP contribution >= 0.6 is 0 Å². The van der Waals surface area contributed by atoms with Crippen molar-refractivity contribution in [2.75, 3.05) is 6.54 Å². The van der Waals surface area contributed by atoms with Gasteiger partial charge in [0.15, 0.2) is 0 Å². The molecule has 124 valence electrons. The molecule has 0 aliphatic heterocycles. The molecule has 0 unspecified atom stereocenters. The first kappa shape index (κ1) is 17.2. The van der Waals surface area contributed by atoms with Crippen LogP contribution in [0.4, 0.5) is 0 Å². The highest BCUT2D eigenvalue weighted by atomic mass is 16.4. The molecule has 0 amide bonds. The van der Waals surface area contributed by atoms with Gasteiger partial charge in [-0.25, -0.2) is 4.68 Å². The van der Waals surface area contributed by atoms with E-state index >= 15 is 0 Å². The molecule has 0 fully saturated rings. The normalized spacial score (nSPS) is 11.7. The summed E-state index contributed by atoms with van der Waals surface area (Å²) in [6.45, 7) is 8.92. The second-order valence-corrected chi connectivity index (χ2v) is 6.51. The fourth-order valence-corrected chi connectivity index (χ4v) is 2.47. The van der Waals surface area contributed by atoms with Crippen LogP contribution in [0, 0.1) is 19.3 Å². The topological polar surface area (TPSA) is 67.2 Å². The largest absolute Gasteiger partial charge is 0.481 e. The fourth-order valence-electron chi connectivity index (χ4n) is 2.47. The van der Waals surface area contributed by atoms with Gasteiger partial charge in [-0.1, -0.05) is 18.2 Å². The number of nitrogens with one attached hydrogen (secondary N) is 1. The molecule has 0 saturated heterocycles. The maximum absolute atomic E-state index is 11.1. The first-order valence-corrected chi connectivity index (χ1v) is 7.87. The van der Waals surface area contributed by atoms with Crippen molar-refractivity contribution in [1.29, 1.82) is 0 Å². The summed E-state index contributed by atoms with van der Waals surface area (Å²) in [5.74, 6) is -0.761. The van der Waals surface area contributed by atoms with E-state index in [2.05, 4.69) is 17.3 Å². The molecule has 0 aliphatic carbocycles. The zero-order valence-corrected chi connectivity index (χ0v) is 14.3. The molecule has 0 bridgehead atoms. The summed E-state index contributed by atoms with van der Waals surface area (Å²) in [5.41, 5.74) is 3.62. The van der Waals surface area contributed by atoms with Gasteiger partial charge in [-0.2, -0.15) is 5.10 Å². The summed E-state index contributed by atoms with van der Waals surface area (Å²) < 4.78 is 1.95. The van der Waals surface area contributed by atoms with Crippen molar-refractivity contribution >= 4 is 5.97 Å². The molecule has 5 heteroatoms. The maximum atomic E-state index is 11.1. The van der Waals surface area contributed by atoms with Gasteiger partial charge in [-0.3, -0.25) is 4.79 Å². The molecule has 2 aromatic rings. The van der Waals surface area contributed by atoms with Crippen LogP contribution in [-0.4, -0.2) is 27.4 Å². The Kier molecular flexibility index (Phi) is 5.21. The predicted octanol–water partition coefficient (Wildman–Crippen LogP) is 3.08. The summed E-state index contributed by atoms with van der Waals surface area (Å²) in [7, 11) is 0. The lowest BCUT2D eigenvalue weighted by Crippen LogP contribution is -2.29. The SMILES string of the molecule is Cc1nn(-c2ccccc2)c(C)c1CNCCC(C)(C)C(=O)O. The van der Waals surface area contributed by atoms with Gasteiger partial charge in [0.2, 0.25) is 0 Å².